The molecule has 0 saturated carbocycles. The maximum absolute atomic E-state index is 10.7. The van der Waals surface area contributed by atoms with E-state index >= 15 is 0 Å². The van der Waals surface area contributed by atoms with Crippen molar-refractivity contribution >= 4 is 16.8 Å². The summed E-state index contributed by atoms with van der Waals surface area (Å²) in [4.78, 5) is 10.7. The van der Waals surface area contributed by atoms with Gasteiger partial charge in [0.2, 0.25) is 0 Å². The minimum atomic E-state index is -0.638. The minimum absolute atomic E-state index is 0.161. The molecule has 0 fully saturated rings. The van der Waals surface area contributed by atoms with Gasteiger partial charge in [-0.3, -0.25) is 4.79 Å². The van der Waals surface area contributed by atoms with Gasteiger partial charge in [-0.15, -0.1) is 0 Å². The molecule has 13 heavy (non-hydrogen) atoms. The first-order valence-electron chi connectivity index (χ1n) is 3.33. The lowest BCUT2D eigenvalue weighted by atomic mass is 10.1. The molecule has 0 N–H and O–H groups in total. The topological polar surface area (TPSA) is 64.7 Å². The Kier molecular flexibility index (Phi) is 2.64. The van der Waals surface area contributed by atoms with E-state index in [4.69, 9.17) is 22.1 Å². The number of hydrogen-bond donors (Lipinski definition) is 0. The summed E-state index contributed by atoms with van der Waals surface area (Å²) in [7, 11) is 0. The standard InChI is InChI=1S/C9H3ClN2O/c10-9(13)6-1-2-7(4-11)8(3-6)5-12/h1-3H. The van der Waals surface area contributed by atoms with Gasteiger partial charge in [0.05, 0.1) is 11.1 Å². The molecule has 4 heteroatoms. The fraction of sp³-hybridized carbons (Fsp3) is 0. The third-order valence-electron chi connectivity index (χ3n) is 1.49. The largest absolute Gasteiger partial charge is 0.276 e. The third kappa shape index (κ3) is 1.84. The van der Waals surface area contributed by atoms with Gasteiger partial charge in [0.25, 0.3) is 5.24 Å². The lowest BCUT2D eigenvalue weighted by Crippen LogP contribution is -1.92. The lowest BCUT2D eigenvalue weighted by Gasteiger charge is -1.95. The fourth-order valence-electron chi connectivity index (χ4n) is 0.857. The maximum Gasteiger partial charge on any atom is 0.252 e. The number of hydrogen-bond acceptors (Lipinski definition) is 3. The van der Waals surface area contributed by atoms with Crippen LogP contribution in [0.4, 0.5) is 0 Å². The van der Waals surface area contributed by atoms with E-state index in [1.807, 2.05) is 12.1 Å². The molecule has 0 aliphatic carbocycles. The first kappa shape index (κ1) is 9.25. The van der Waals surface area contributed by atoms with Gasteiger partial charge in [-0.2, -0.15) is 10.5 Å². The van der Waals surface area contributed by atoms with Crippen LogP contribution in [0, 0.1) is 22.7 Å². The van der Waals surface area contributed by atoms with Crippen molar-refractivity contribution in [3.8, 4) is 12.1 Å². The number of benzene rings is 1. The second kappa shape index (κ2) is 3.71. The summed E-state index contributed by atoms with van der Waals surface area (Å²) in [6, 6.07) is 7.75. The molecule has 0 atom stereocenters. The maximum atomic E-state index is 10.7. The van der Waals surface area contributed by atoms with Crippen LogP contribution in [0.5, 0.6) is 0 Å². The molecule has 0 saturated heterocycles. The summed E-state index contributed by atoms with van der Waals surface area (Å²) >= 11 is 5.20. The van der Waals surface area contributed by atoms with Crippen LogP contribution in [0.3, 0.4) is 0 Å². The fourth-order valence-corrected chi connectivity index (χ4v) is 0.974. The Bertz CT molecular complexity index is 440. The molecule has 0 amide bonds. The monoisotopic (exact) mass is 190 g/mol. The van der Waals surface area contributed by atoms with Crippen LogP contribution in [0.1, 0.15) is 21.5 Å². The third-order valence-corrected chi connectivity index (χ3v) is 1.71. The van der Waals surface area contributed by atoms with Crippen LogP contribution in [-0.4, -0.2) is 5.24 Å². The molecule has 0 aliphatic heterocycles. The number of rotatable bonds is 1. The highest BCUT2D eigenvalue weighted by molar-refractivity contribution is 6.67. The van der Waals surface area contributed by atoms with E-state index in [0.717, 1.165) is 0 Å². The first-order chi connectivity index (χ1) is 6.19. The SMILES string of the molecule is N#Cc1ccc(C(=O)Cl)cc1C#N. The highest BCUT2D eigenvalue weighted by atomic mass is 35.5. The molecule has 0 radical (unpaired) electrons. The van der Waals surface area contributed by atoms with Gasteiger partial charge in [0.15, 0.2) is 0 Å². The highest BCUT2D eigenvalue weighted by Crippen LogP contribution is 2.11. The van der Waals surface area contributed by atoms with Crippen molar-refractivity contribution in [1.82, 2.24) is 0 Å². The predicted octanol–water partition coefficient (Wildman–Crippen LogP) is 1.81. The second-order valence-electron chi connectivity index (χ2n) is 2.26. The van der Waals surface area contributed by atoms with Gasteiger partial charge in [-0.25, -0.2) is 0 Å². The second-order valence-corrected chi connectivity index (χ2v) is 2.60. The van der Waals surface area contributed by atoms with E-state index in [1.165, 1.54) is 18.2 Å². The zero-order valence-corrected chi connectivity index (χ0v) is 7.17. The van der Waals surface area contributed by atoms with Gasteiger partial charge in [-0.05, 0) is 29.8 Å². The summed E-state index contributed by atoms with van der Waals surface area (Å²) < 4.78 is 0. The molecule has 0 bridgehead atoms. The molecule has 62 valence electrons. The zero-order chi connectivity index (χ0) is 9.84. The quantitative estimate of drug-likeness (QED) is 0.635. The van der Waals surface area contributed by atoms with E-state index < -0.39 is 5.24 Å². The number of carbonyl (C=O) groups excluding carboxylic acids is 1. The molecule has 0 spiro atoms. The normalized spacial score (nSPS) is 8.54. The molecular formula is C9H3ClN2O. The number of nitriles is 2. The van der Waals surface area contributed by atoms with Gasteiger partial charge in [0, 0.05) is 5.56 Å². The van der Waals surface area contributed by atoms with Gasteiger partial charge < -0.3 is 0 Å². The van der Waals surface area contributed by atoms with Crippen molar-refractivity contribution in [2.75, 3.05) is 0 Å². The zero-order valence-electron chi connectivity index (χ0n) is 6.41. The Hall–Kier alpha value is -1.84. The number of halogens is 1. The average Bonchev–Trinajstić information content (AvgIpc) is 2.16. The van der Waals surface area contributed by atoms with Crippen molar-refractivity contribution in [3.63, 3.8) is 0 Å². The number of carbonyl (C=O) groups is 1. The molecular weight excluding hydrogens is 188 g/mol. The Morgan fingerprint density at radius 3 is 2.31 bits per heavy atom. The summed E-state index contributed by atoms with van der Waals surface area (Å²) in [5.74, 6) is 0. The van der Waals surface area contributed by atoms with Crippen molar-refractivity contribution in [1.29, 1.82) is 10.5 Å². The van der Waals surface area contributed by atoms with E-state index in [9.17, 15) is 4.79 Å². The van der Waals surface area contributed by atoms with Crippen molar-refractivity contribution in [2.24, 2.45) is 0 Å². The molecule has 0 aromatic heterocycles. The molecule has 0 aliphatic rings. The summed E-state index contributed by atoms with van der Waals surface area (Å²) in [5, 5.41) is 16.5. The first-order valence-corrected chi connectivity index (χ1v) is 3.71. The smallest absolute Gasteiger partial charge is 0.252 e. The molecule has 1 rings (SSSR count). The minimum Gasteiger partial charge on any atom is -0.276 e. The Balaban J connectivity index is 3.33. The van der Waals surface area contributed by atoms with Crippen LogP contribution in [-0.2, 0) is 0 Å². The highest BCUT2D eigenvalue weighted by Gasteiger charge is 2.06. The molecule has 1 aromatic rings. The van der Waals surface area contributed by atoms with Crippen LogP contribution >= 0.6 is 11.6 Å². The van der Waals surface area contributed by atoms with Gasteiger partial charge in [0.1, 0.15) is 12.1 Å². The Morgan fingerprint density at radius 1 is 1.23 bits per heavy atom. The van der Waals surface area contributed by atoms with Crippen molar-refractivity contribution in [3.05, 3.63) is 34.9 Å². The van der Waals surface area contributed by atoms with Gasteiger partial charge >= 0.3 is 0 Å². The van der Waals surface area contributed by atoms with E-state index in [2.05, 4.69) is 0 Å². The summed E-state index contributed by atoms with van der Waals surface area (Å²) in [6.07, 6.45) is 0. The predicted molar refractivity (Wildman–Crippen MR) is 46.1 cm³/mol. The Morgan fingerprint density at radius 2 is 1.85 bits per heavy atom. The van der Waals surface area contributed by atoms with Crippen LogP contribution in [0.25, 0.3) is 0 Å². The van der Waals surface area contributed by atoms with Crippen LogP contribution < -0.4 is 0 Å². The number of nitrogens with zero attached hydrogens (tertiary/aromatic N) is 2. The average molecular weight is 191 g/mol. The van der Waals surface area contributed by atoms with Crippen molar-refractivity contribution < 1.29 is 4.79 Å². The summed E-state index contributed by atoms with van der Waals surface area (Å²) in [6.45, 7) is 0. The molecule has 1 aromatic carbocycles. The van der Waals surface area contributed by atoms with Gasteiger partial charge in [-0.1, -0.05) is 0 Å². The summed E-state index contributed by atoms with van der Waals surface area (Å²) in [5.41, 5.74) is 0.621. The van der Waals surface area contributed by atoms with E-state index in [-0.39, 0.29) is 16.7 Å². The molecule has 3 nitrogen and oxygen atoms in total. The van der Waals surface area contributed by atoms with Crippen LogP contribution in [0.2, 0.25) is 0 Å². The van der Waals surface area contributed by atoms with Crippen LogP contribution in [0.15, 0.2) is 18.2 Å². The van der Waals surface area contributed by atoms with E-state index in [0.29, 0.717) is 0 Å². The molecule has 0 heterocycles. The van der Waals surface area contributed by atoms with E-state index in [1.54, 1.807) is 0 Å². The van der Waals surface area contributed by atoms with Crippen molar-refractivity contribution in [2.45, 2.75) is 0 Å². The molecule has 0 unspecified atom stereocenters. The Labute approximate surface area is 79.8 Å². The lowest BCUT2D eigenvalue weighted by molar-refractivity contribution is 0.108.